The number of alkyl halides is 1. The van der Waals surface area contributed by atoms with Crippen LogP contribution in [-0.4, -0.2) is 43.9 Å². The van der Waals surface area contributed by atoms with Crippen molar-refractivity contribution in [3.63, 3.8) is 0 Å². The van der Waals surface area contributed by atoms with Crippen LogP contribution < -0.4 is 11.2 Å². The molecule has 1 fully saturated rings. The van der Waals surface area contributed by atoms with Crippen molar-refractivity contribution < 1.29 is 14.6 Å². The average Bonchev–Trinajstić information content (AvgIpc) is 2.67. The Morgan fingerprint density at radius 1 is 1.53 bits per heavy atom. The number of aliphatic hydroxyl groups is 2. The van der Waals surface area contributed by atoms with Crippen LogP contribution in [0.25, 0.3) is 0 Å². The molecule has 4 atom stereocenters. The lowest BCUT2D eigenvalue weighted by atomic mass is 10.1. The predicted molar refractivity (Wildman–Crippen MR) is 69.1 cm³/mol. The summed E-state index contributed by atoms with van der Waals surface area (Å²) >= 11 is 0.985. The van der Waals surface area contributed by atoms with E-state index in [1.54, 1.807) is 6.92 Å². The van der Waals surface area contributed by atoms with Gasteiger partial charge in [-0.3, -0.25) is 14.3 Å². The molecule has 2 rings (SSSR count). The first kappa shape index (κ1) is 14.3. The highest BCUT2D eigenvalue weighted by molar-refractivity contribution is 8.00. The highest BCUT2D eigenvalue weighted by atomic mass is 32.2. The summed E-state index contributed by atoms with van der Waals surface area (Å²) in [5.74, 6) is 0. The van der Waals surface area contributed by atoms with E-state index in [9.17, 15) is 19.1 Å². The maximum atomic E-state index is 14.0. The Hall–Kier alpha value is -1.12. The Kier molecular flexibility index (Phi) is 4.12. The Balaban J connectivity index is 2.43. The van der Waals surface area contributed by atoms with Crippen LogP contribution in [0.3, 0.4) is 0 Å². The summed E-state index contributed by atoms with van der Waals surface area (Å²) in [6.07, 6.45) is -1.27. The van der Waals surface area contributed by atoms with E-state index in [0.717, 1.165) is 16.3 Å². The molecule has 19 heavy (non-hydrogen) atoms. The third kappa shape index (κ3) is 2.47. The standard InChI is InChI=1S/C11H15FN2O4S/c1-2-5-3-14(11(18)13-9(5)17)10-7(12)8(16)6(4-15)19-10/h3,6-8,10,15-16H,2,4H2,1H3,(H,13,17,18)/t6-,7+,8-,10+/m1/s1. The minimum absolute atomic E-state index is 0.370. The Labute approximate surface area is 112 Å². The van der Waals surface area contributed by atoms with Crippen molar-refractivity contribution in [3.05, 3.63) is 32.6 Å². The van der Waals surface area contributed by atoms with Crippen molar-refractivity contribution in [2.24, 2.45) is 0 Å². The molecule has 0 amide bonds. The minimum Gasteiger partial charge on any atom is -0.395 e. The highest BCUT2D eigenvalue weighted by Crippen LogP contribution is 2.42. The van der Waals surface area contributed by atoms with Crippen molar-refractivity contribution in [2.75, 3.05) is 6.61 Å². The number of halogens is 1. The number of rotatable bonds is 3. The number of nitrogens with one attached hydrogen (secondary N) is 1. The molecule has 0 saturated carbocycles. The van der Waals surface area contributed by atoms with Crippen LogP contribution in [0.15, 0.2) is 15.8 Å². The van der Waals surface area contributed by atoms with Crippen LogP contribution in [0.1, 0.15) is 17.9 Å². The van der Waals surface area contributed by atoms with Gasteiger partial charge in [0.15, 0.2) is 6.17 Å². The van der Waals surface area contributed by atoms with Crippen molar-refractivity contribution in [2.45, 2.75) is 36.2 Å². The van der Waals surface area contributed by atoms with E-state index in [1.807, 2.05) is 0 Å². The summed E-state index contributed by atoms with van der Waals surface area (Å²) < 4.78 is 15.1. The molecule has 1 aliphatic rings. The zero-order valence-electron chi connectivity index (χ0n) is 10.2. The molecule has 0 radical (unpaired) electrons. The second-order valence-electron chi connectivity index (χ2n) is 4.36. The molecule has 0 aliphatic carbocycles. The van der Waals surface area contributed by atoms with E-state index in [1.165, 1.54) is 6.20 Å². The molecule has 106 valence electrons. The van der Waals surface area contributed by atoms with Gasteiger partial charge in [0.2, 0.25) is 0 Å². The number of aliphatic hydroxyl groups excluding tert-OH is 2. The van der Waals surface area contributed by atoms with Crippen LogP contribution >= 0.6 is 11.8 Å². The van der Waals surface area contributed by atoms with Crippen LogP contribution in [0, 0.1) is 0 Å². The maximum absolute atomic E-state index is 14.0. The summed E-state index contributed by atoms with van der Waals surface area (Å²) in [7, 11) is 0. The molecule has 2 heterocycles. The Bertz CT molecular complexity index is 573. The molecule has 3 N–H and O–H groups in total. The summed E-state index contributed by atoms with van der Waals surface area (Å²) in [5, 5.41) is 17.0. The van der Waals surface area contributed by atoms with Gasteiger partial charge in [-0.1, -0.05) is 6.92 Å². The van der Waals surface area contributed by atoms with E-state index in [4.69, 9.17) is 5.11 Å². The van der Waals surface area contributed by atoms with Crippen LogP contribution in [0.2, 0.25) is 0 Å². The Morgan fingerprint density at radius 2 is 2.21 bits per heavy atom. The molecule has 0 spiro atoms. The monoisotopic (exact) mass is 290 g/mol. The van der Waals surface area contributed by atoms with Crippen LogP contribution in [0.4, 0.5) is 4.39 Å². The summed E-state index contributed by atoms with van der Waals surface area (Å²) in [6, 6.07) is 0. The number of aromatic amines is 1. The molecular weight excluding hydrogens is 275 g/mol. The summed E-state index contributed by atoms with van der Waals surface area (Å²) in [6.45, 7) is 1.38. The normalized spacial score (nSPS) is 30.7. The fourth-order valence-corrected chi connectivity index (χ4v) is 3.40. The number of hydrogen-bond donors (Lipinski definition) is 3. The number of H-pyrrole nitrogens is 1. The topological polar surface area (TPSA) is 95.3 Å². The first-order chi connectivity index (χ1) is 8.99. The largest absolute Gasteiger partial charge is 0.395 e. The van der Waals surface area contributed by atoms with Gasteiger partial charge in [-0.2, -0.15) is 0 Å². The molecule has 1 saturated heterocycles. The van der Waals surface area contributed by atoms with Gasteiger partial charge in [-0.25, -0.2) is 9.18 Å². The molecule has 0 aromatic carbocycles. The molecule has 0 bridgehead atoms. The van der Waals surface area contributed by atoms with Gasteiger partial charge < -0.3 is 10.2 Å². The number of thioether (sulfide) groups is 1. The third-order valence-electron chi connectivity index (χ3n) is 3.17. The van der Waals surface area contributed by atoms with E-state index in [0.29, 0.717) is 12.0 Å². The van der Waals surface area contributed by atoms with E-state index < -0.39 is 34.1 Å². The lowest BCUT2D eigenvalue weighted by molar-refractivity contribution is 0.0630. The zero-order chi connectivity index (χ0) is 14.2. The van der Waals surface area contributed by atoms with Gasteiger partial charge in [-0.05, 0) is 6.42 Å². The molecule has 0 unspecified atom stereocenters. The van der Waals surface area contributed by atoms with Crippen LogP contribution in [-0.2, 0) is 6.42 Å². The van der Waals surface area contributed by atoms with Gasteiger partial charge in [0, 0.05) is 11.8 Å². The summed E-state index contributed by atoms with van der Waals surface area (Å²) in [5.41, 5.74) is -0.830. The molecular formula is C11H15FN2O4S. The van der Waals surface area contributed by atoms with Gasteiger partial charge in [0.1, 0.15) is 11.5 Å². The smallest absolute Gasteiger partial charge is 0.329 e. The van der Waals surface area contributed by atoms with E-state index in [2.05, 4.69) is 4.98 Å². The highest BCUT2D eigenvalue weighted by Gasteiger charge is 2.44. The van der Waals surface area contributed by atoms with Crippen LogP contribution in [0.5, 0.6) is 0 Å². The Morgan fingerprint density at radius 3 is 2.74 bits per heavy atom. The van der Waals surface area contributed by atoms with Gasteiger partial charge >= 0.3 is 5.69 Å². The quantitative estimate of drug-likeness (QED) is 0.691. The predicted octanol–water partition coefficient (Wildman–Crippen LogP) is -0.596. The zero-order valence-corrected chi connectivity index (χ0v) is 11.1. The molecule has 6 nitrogen and oxygen atoms in total. The molecule has 1 aromatic heterocycles. The first-order valence-electron chi connectivity index (χ1n) is 5.92. The van der Waals surface area contributed by atoms with Gasteiger partial charge in [0.05, 0.1) is 11.9 Å². The average molecular weight is 290 g/mol. The third-order valence-corrected chi connectivity index (χ3v) is 4.71. The van der Waals surface area contributed by atoms with Gasteiger partial charge in [-0.15, -0.1) is 11.8 Å². The lowest BCUT2D eigenvalue weighted by Gasteiger charge is -2.16. The molecule has 1 aliphatic heterocycles. The minimum atomic E-state index is -1.67. The van der Waals surface area contributed by atoms with E-state index >= 15 is 0 Å². The maximum Gasteiger partial charge on any atom is 0.329 e. The molecule has 1 aromatic rings. The number of nitrogens with zero attached hydrogens (tertiary/aromatic N) is 1. The second kappa shape index (κ2) is 5.48. The van der Waals surface area contributed by atoms with Crippen molar-refractivity contribution in [1.82, 2.24) is 9.55 Å². The van der Waals surface area contributed by atoms with Crippen molar-refractivity contribution >= 4 is 11.8 Å². The van der Waals surface area contributed by atoms with Crippen molar-refractivity contribution in [1.29, 1.82) is 0 Å². The van der Waals surface area contributed by atoms with E-state index in [-0.39, 0.29) is 6.61 Å². The SMILES string of the molecule is CCc1cn([C@H]2S[C@H](CO)[C@@H](O)[C@@H]2F)c(=O)[nH]c1=O. The fourth-order valence-electron chi connectivity index (χ4n) is 2.05. The first-order valence-corrected chi connectivity index (χ1v) is 6.86. The number of hydrogen-bond acceptors (Lipinski definition) is 5. The molecule has 8 heteroatoms. The number of aryl methyl sites for hydroxylation is 1. The number of aromatic nitrogens is 2. The van der Waals surface area contributed by atoms with Crippen molar-refractivity contribution in [3.8, 4) is 0 Å². The second-order valence-corrected chi connectivity index (χ2v) is 5.72. The summed E-state index contributed by atoms with van der Waals surface area (Å²) in [4.78, 5) is 25.3. The van der Waals surface area contributed by atoms with Gasteiger partial charge in [0.25, 0.3) is 5.56 Å². The fraction of sp³-hybridized carbons (Fsp3) is 0.636. The lowest BCUT2D eigenvalue weighted by Crippen LogP contribution is -2.36.